The first kappa shape index (κ1) is 21.7. The Hall–Kier alpha value is -3.02. The third-order valence-corrected chi connectivity index (χ3v) is 5.70. The Balaban J connectivity index is 1.73. The summed E-state index contributed by atoms with van der Waals surface area (Å²) in [5, 5.41) is 25.3. The molecular weight excluding hydrogens is 463 g/mol. The van der Waals surface area contributed by atoms with E-state index < -0.39 is 11.2 Å². The van der Waals surface area contributed by atoms with Crippen LogP contribution in [-0.2, 0) is 9.59 Å². The highest BCUT2D eigenvalue weighted by molar-refractivity contribution is 9.10. The molecule has 160 valence electrons. The van der Waals surface area contributed by atoms with Crippen molar-refractivity contribution in [3.8, 4) is 0 Å². The van der Waals surface area contributed by atoms with E-state index in [2.05, 4.69) is 42.0 Å². The maximum atomic E-state index is 13.4. The van der Waals surface area contributed by atoms with Gasteiger partial charge in [-0.1, -0.05) is 12.1 Å². The molecule has 1 aromatic heterocycles. The van der Waals surface area contributed by atoms with Gasteiger partial charge in [-0.2, -0.15) is 0 Å². The number of aromatic nitrogens is 2. The number of piperidine rings is 1. The number of nitrogens with one attached hydrogen (secondary N) is 2. The number of oxime groups is 1. The Labute approximate surface area is 179 Å². The summed E-state index contributed by atoms with van der Waals surface area (Å²) in [5.74, 6) is -0.978. The van der Waals surface area contributed by atoms with Crippen molar-refractivity contribution in [1.29, 1.82) is 0 Å². The molecule has 0 bridgehead atoms. The highest BCUT2D eigenvalue weighted by Gasteiger charge is 2.38. The third-order valence-electron chi connectivity index (χ3n) is 5.09. The average molecular weight is 483 g/mol. The van der Waals surface area contributed by atoms with Crippen molar-refractivity contribution in [3.05, 3.63) is 34.2 Å². The monoisotopic (exact) mass is 482 g/mol. The van der Waals surface area contributed by atoms with Gasteiger partial charge in [0.15, 0.2) is 5.69 Å². The Morgan fingerprint density at radius 2 is 2.00 bits per heavy atom. The highest BCUT2D eigenvalue weighted by Crippen LogP contribution is 2.32. The molecular formula is C18H20BrFN6O4. The van der Waals surface area contributed by atoms with Gasteiger partial charge in [0.05, 0.1) is 9.89 Å². The second kappa shape index (κ2) is 8.78. The second-order valence-electron chi connectivity index (χ2n) is 7.18. The fraction of sp³-hybridized carbons (Fsp3) is 0.389. The topological polar surface area (TPSA) is 133 Å². The van der Waals surface area contributed by atoms with Crippen LogP contribution in [0, 0.1) is 11.2 Å². The Morgan fingerprint density at radius 1 is 1.30 bits per heavy atom. The van der Waals surface area contributed by atoms with Gasteiger partial charge in [0.25, 0.3) is 0 Å². The zero-order valence-corrected chi connectivity index (χ0v) is 17.9. The summed E-state index contributed by atoms with van der Waals surface area (Å²) >= 11 is 3.07. The van der Waals surface area contributed by atoms with E-state index in [0.29, 0.717) is 31.6 Å². The van der Waals surface area contributed by atoms with E-state index in [0.717, 1.165) is 0 Å². The van der Waals surface area contributed by atoms with Gasteiger partial charge in [0, 0.05) is 25.7 Å². The molecule has 0 unspecified atom stereocenters. The van der Waals surface area contributed by atoms with Crippen molar-refractivity contribution in [3.63, 3.8) is 0 Å². The lowest BCUT2D eigenvalue weighted by molar-refractivity contribution is -0.135. The predicted molar refractivity (Wildman–Crippen MR) is 109 cm³/mol. The van der Waals surface area contributed by atoms with Crippen LogP contribution in [0.5, 0.6) is 0 Å². The molecule has 0 aliphatic carbocycles. The summed E-state index contributed by atoms with van der Waals surface area (Å²) in [6.45, 7) is 4.27. The number of likely N-dealkylation sites (tertiary alicyclic amines) is 1. The van der Waals surface area contributed by atoms with E-state index in [-0.39, 0.29) is 33.6 Å². The molecule has 2 amide bonds. The van der Waals surface area contributed by atoms with Crippen molar-refractivity contribution in [2.24, 2.45) is 10.6 Å². The molecule has 2 aromatic rings. The minimum Gasteiger partial charge on any atom is -0.409 e. The maximum Gasteiger partial charge on any atom is 0.231 e. The minimum absolute atomic E-state index is 0.0252. The highest BCUT2D eigenvalue weighted by atomic mass is 79.9. The van der Waals surface area contributed by atoms with Crippen LogP contribution in [0.2, 0.25) is 0 Å². The maximum absolute atomic E-state index is 13.4. The molecule has 0 spiro atoms. The minimum atomic E-state index is -0.714. The SMILES string of the molecule is CC(=O)N1CCC(C)(C(=O)Nc2nonc2/C(=N/O)Nc2ccc(F)c(Br)c2)CC1. The summed E-state index contributed by atoms with van der Waals surface area (Å²) in [6, 6.07) is 4.09. The number of nitrogens with zero attached hydrogens (tertiary/aromatic N) is 4. The zero-order chi connectivity index (χ0) is 21.9. The number of amidine groups is 1. The number of hydrogen-bond donors (Lipinski definition) is 3. The molecule has 1 saturated heterocycles. The number of benzene rings is 1. The summed E-state index contributed by atoms with van der Waals surface area (Å²) in [4.78, 5) is 26.1. The van der Waals surface area contributed by atoms with Crippen LogP contribution in [0.15, 0.2) is 32.5 Å². The second-order valence-corrected chi connectivity index (χ2v) is 8.04. The quantitative estimate of drug-likeness (QED) is 0.264. The normalized spacial score (nSPS) is 16.3. The van der Waals surface area contributed by atoms with Crippen molar-refractivity contribution in [1.82, 2.24) is 15.2 Å². The van der Waals surface area contributed by atoms with Crippen LogP contribution in [0.4, 0.5) is 15.9 Å². The number of amides is 2. The van der Waals surface area contributed by atoms with Crippen molar-refractivity contribution >= 4 is 45.1 Å². The third kappa shape index (κ3) is 4.58. The molecule has 2 heterocycles. The number of hydrogen-bond acceptors (Lipinski definition) is 7. The van der Waals surface area contributed by atoms with Gasteiger partial charge < -0.3 is 20.7 Å². The van der Waals surface area contributed by atoms with Gasteiger partial charge in [-0.15, -0.1) is 0 Å². The Kier molecular flexibility index (Phi) is 6.34. The summed E-state index contributed by atoms with van der Waals surface area (Å²) in [6.07, 6.45) is 0.976. The number of anilines is 2. The fourth-order valence-electron chi connectivity index (χ4n) is 3.07. The van der Waals surface area contributed by atoms with E-state index >= 15 is 0 Å². The van der Waals surface area contributed by atoms with Gasteiger partial charge in [-0.05, 0) is 57.3 Å². The molecule has 30 heavy (non-hydrogen) atoms. The van der Waals surface area contributed by atoms with Crippen LogP contribution in [0.1, 0.15) is 32.4 Å². The van der Waals surface area contributed by atoms with Gasteiger partial charge in [0.1, 0.15) is 5.82 Å². The lowest BCUT2D eigenvalue weighted by Crippen LogP contribution is -2.46. The van der Waals surface area contributed by atoms with Gasteiger partial charge in [-0.3, -0.25) is 9.59 Å². The van der Waals surface area contributed by atoms with Crippen LogP contribution in [0.25, 0.3) is 0 Å². The first-order valence-electron chi connectivity index (χ1n) is 9.07. The number of carbonyl (C=O) groups excluding carboxylic acids is 2. The predicted octanol–water partition coefficient (Wildman–Crippen LogP) is 2.81. The number of rotatable bonds is 4. The van der Waals surface area contributed by atoms with E-state index in [4.69, 9.17) is 4.63 Å². The van der Waals surface area contributed by atoms with E-state index in [9.17, 15) is 19.2 Å². The largest absolute Gasteiger partial charge is 0.409 e. The number of halogens is 2. The lowest BCUT2D eigenvalue weighted by atomic mass is 9.79. The van der Waals surface area contributed by atoms with Crippen molar-refractivity contribution in [2.45, 2.75) is 26.7 Å². The van der Waals surface area contributed by atoms with E-state index in [1.807, 2.05) is 6.92 Å². The molecule has 3 N–H and O–H groups in total. The van der Waals surface area contributed by atoms with Crippen LogP contribution >= 0.6 is 15.9 Å². The molecule has 0 saturated carbocycles. The Morgan fingerprint density at radius 3 is 2.60 bits per heavy atom. The molecule has 3 rings (SSSR count). The van der Waals surface area contributed by atoms with E-state index in [1.54, 1.807) is 4.90 Å². The van der Waals surface area contributed by atoms with Crippen LogP contribution < -0.4 is 10.6 Å². The first-order chi connectivity index (χ1) is 14.2. The summed E-state index contributed by atoms with van der Waals surface area (Å²) < 4.78 is 18.3. The molecule has 1 aliphatic heterocycles. The molecule has 12 heteroatoms. The molecule has 1 fully saturated rings. The summed E-state index contributed by atoms with van der Waals surface area (Å²) in [5.41, 5.74) is -0.343. The van der Waals surface area contributed by atoms with Crippen LogP contribution in [0.3, 0.4) is 0 Å². The fourth-order valence-corrected chi connectivity index (χ4v) is 3.45. The molecule has 1 aromatic carbocycles. The summed E-state index contributed by atoms with van der Waals surface area (Å²) in [7, 11) is 0. The number of carbonyl (C=O) groups is 2. The lowest BCUT2D eigenvalue weighted by Gasteiger charge is -2.37. The zero-order valence-electron chi connectivity index (χ0n) is 16.3. The first-order valence-corrected chi connectivity index (χ1v) is 9.87. The standard InChI is InChI=1S/C18H20BrFN6O4/c1-10(27)26-7-5-18(2,6-8-26)17(28)22-16-14(24-30-25-16)15(23-29)21-11-3-4-13(20)12(19)9-11/h3-4,9,29H,5-8H2,1-2H3,(H,21,23)(H,22,25,28). The Bertz CT molecular complexity index is 987. The molecule has 10 nitrogen and oxygen atoms in total. The van der Waals surface area contributed by atoms with E-state index in [1.165, 1.54) is 25.1 Å². The van der Waals surface area contributed by atoms with Gasteiger partial charge in [0.2, 0.25) is 23.5 Å². The van der Waals surface area contributed by atoms with Crippen molar-refractivity contribution < 1.29 is 23.8 Å². The molecule has 0 atom stereocenters. The van der Waals surface area contributed by atoms with Gasteiger partial charge >= 0.3 is 0 Å². The van der Waals surface area contributed by atoms with Crippen molar-refractivity contribution in [2.75, 3.05) is 23.7 Å². The van der Waals surface area contributed by atoms with Crippen LogP contribution in [-0.4, -0.2) is 51.2 Å². The smallest absolute Gasteiger partial charge is 0.231 e. The molecule has 0 radical (unpaired) electrons. The average Bonchev–Trinajstić information content (AvgIpc) is 3.17. The molecule has 1 aliphatic rings. The van der Waals surface area contributed by atoms with Gasteiger partial charge in [-0.25, -0.2) is 9.02 Å².